The van der Waals surface area contributed by atoms with Crippen molar-refractivity contribution in [3.05, 3.63) is 42.5 Å². The Morgan fingerprint density at radius 1 is 1.26 bits per heavy atom. The fourth-order valence-corrected chi connectivity index (χ4v) is 2.20. The van der Waals surface area contributed by atoms with Crippen molar-refractivity contribution in [3.63, 3.8) is 0 Å². The van der Waals surface area contributed by atoms with E-state index in [1.165, 1.54) is 6.08 Å². The average molecular weight is 268 g/mol. The molecule has 0 spiro atoms. The van der Waals surface area contributed by atoms with Gasteiger partial charge in [-0.3, -0.25) is 0 Å². The fraction of sp³-hybridized carbons (Fsp3) is 0.467. The zero-order chi connectivity index (χ0) is 13.7. The lowest BCUT2D eigenvalue weighted by Gasteiger charge is -2.15. The quantitative estimate of drug-likeness (QED) is 0.829. The number of aliphatic hydroxyl groups excluding tert-OH is 1. The minimum Gasteiger partial charge on any atom is -0.487 e. The van der Waals surface area contributed by atoms with E-state index >= 15 is 0 Å². The molecule has 2 nitrogen and oxygen atoms in total. The van der Waals surface area contributed by atoms with Gasteiger partial charge in [0.15, 0.2) is 6.61 Å². The maximum Gasteiger partial charge on any atom is 0.299 e. The van der Waals surface area contributed by atoms with Crippen molar-refractivity contribution >= 4 is 0 Å². The zero-order valence-corrected chi connectivity index (χ0v) is 10.6. The van der Waals surface area contributed by atoms with Crippen molar-refractivity contribution in [1.82, 2.24) is 0 Å². The van der Waals surface area contributed by atoms with Gasteiger partial charge >= 0.3 is 0 Å². The molecule has 0 radical (unpaired) electrons. The fourth-order valence-electron chi connectivity index (χ4n) is 2.20. The summed E-state index contributed by atoms with van der Waals surface area (Å²) in [6.45, 7) is -0.684. The molecule has 19 heavy (non-hydrogen) atoms. The highest BCUT2D eigenvalue weighted by Gasteiger charge is 2.29. The molecule has 1 aliphatic rings. The summed E-state index contributed by atoms with van der Waals surface area (Å²) in [4.78, 5) is 0. The van der Waals surface area contributed by atoms with Gasteiger partial charge in [-0.05, 0) is 31.1 Å². The summed E-state index contributed by atoms with van der Waals surface area (Å²) in [5.41, 5.74) is 0. The first kappa shape index (κ1) is 14.0. The molecule has 0 heterocycles. The minimum absolute atomic E-state index is 0.150. The van der Waals surface area contributed by atoms with Crippen LogP contribution in [0.3, 0.4) is 0 Å². The van der Waals surface area contributed by atoms with Crippen LogP contribution in [0.25, 0.3) is 0 Å². The maximum atomic E-state index is 13.6. The van der Waals surface area contributed by atoms with Gasteiger partial charge in [-0.1, -0.05) is 30.7 Å². The molecule has 1 saturated carbocycles. The Hall–Kier alpha value is -1.42. The Labute approximate surface area is 111 Å². The first-order valence-corrected chi connectivity index (χ1v) is 6.50. The highest BCUT2D eigenvalue weighted by atomic mass is 19.3. The summed E-state index contributed by atoms with van der Waals surface area (Å²) in [7, 11) is 0. The monoisotopic (exact) mass is 268 g/mol. The SMILES string of the molecule is OC1CCCC1/C=C/C(F)(F)COc1ccccc1. The van der Waals surface area contributed by atoms with Crippen LogP contribution >= 0.6 is 0 Å². The summed E-state index contributed by atoms with van der Waals surface area (Å²) in [6, 6.07) is 8.55. The highest BCUT2D eigenvalue weighted by Crippen LogP contribution is 2.28. The van der Waals surface area contributed by atoms with E-state index in [4.69, 9.17) is 4.74 Å². The number of aliphatic hydroxyl groups is 1. The molecule has 2 atom stereocenters. The molecule has 1 aromatic rings. The van der Waals surface area contributed by atoms with Gasteiger partial charge in [-0.15, -0.1) is 0 Å². The molecule has 2 rings (SSSR count). The second-order valence-corrected chi connectivity index (χ2v) is 4.88. The van der Waals surface area contributed by atoms with Gasteiger partial charge in [-0.25, -0.2) is 0 Å². The van der Waals surface area contributed by atoms with Crippen LogP contribution < -0.4 is 4.74 Å². The normalized spacial score (nSPS) is 23.9. The number of alkyl halides is 2. The van der Waals surface area contributed by atoms with E-state index in [0.717, 1.165) is 18.9 Å². The number of benzene rings is 1. The van der Waals surface area contributed by atoms with E-state index in [1.54, 1.807) is 30.3 Å². The van der Waals surface area contributed by atoms with Crippen LogP contribution in [0, 0.1) is 5.92 Å². The van der Waals surface area contributed by atoms with Crippen LogP contribution in [0.4, 0.5) is 8.78 Å². The molecule has 1 N–H and O–H groups in total. The van der Waals surface area contributed by atoms with Gasteiger partial charge in [0.1, 0.15) is 5.75 Å². The Morgan fingerprint density at radius 2 is 2.00 bits per heavy atom. The van der Waals surface area contributed by atoms with Gasteiger partial charge < -0.3 is 9.84 Å². The number of hydrogen-bond acceptors (Lipinski definition) is 2. The van der Waals surface area contributed by atoms with Crippen molar-refractivity contribution in [2.45, 2.75) is 31.3 Å². The van der Waals surface area contributed by atoms with Crippen LogP contribution in [-0.2, 0) is 0 Å². The van der Waals surface area contributed by atoms with Crippen molar-refractivity contribution in [2.24, 2.45) is 5.92 Å². The molecule has 4 heteroatoms. The van der Waals surface area contributed by atoms with Gasteiger partial charge in [0.25, 0.3) is 5.92 Å². The average Bonchev–Trinajstić information content (AvgIpc) is 2.81. The summed E-state index contributed by atoms with van der Waals surface area (Å²) < 4.78 is 32.2. The van der Waals surface area contributed by atoms with Gasteiger partial charge in [-0.2, -0.15) is 8.78 Å². The third kappa shape index (κ3) is 4.31. The molecule has 0 aromatic heterocycles. The number of halogens is 2. The number of para-hydroxylation sites is 1. The summed E-state index contributed by atoms with van der Waals surface area (Å²) in [6.07, 6.45) is 4.15. The zero-order valence-electron chi connectivity index (χ0n) is 10.6. The van der Waals surface area contributed by atoms with Crippen molar-refractivity contribution in [3.8, 4) is 5.75 Å². The van der Waals surface area contributed by atoms with Crippen LogP contribution in [0.5, 0.6) is 5.75 Å². The van der Waals surface area contributed by atoms with E-state index in [1.807, 2.05) is 0 Å². The topological polar surface area (TPSA) is 29.5 Å². The Morgan fingerprint density at radius 3 is 2.63 bits per heavy atom. The van der Waals surface area contributed by atoms with Gasteiger partial charge in [0.2, 0.25) is 0 Å². The van der Waals surface area contributed by atoms with Crippen molar-refractivity contribution in [1.29, 1.82) is 0 Å². The van der Waals surface area contributed by atoms with E-state index in [-0.39, 0.29) is 5.92 Å². The Balaban J connectivity index is 1.86. The Kier molecular flexibility index (Phi) is 4.53. The molecular formula is C15H18F2O2. The number of ether oxygens (including phenoxy) is 1. The molecule has 0 saturated heterocycles. The first-order valence-electron chi connectivity index (χ1n) is 6.50. The first-order chi connectivity index (χ1) is 9.07. The predicted molar refractivity (Wildman–Crippen MR) is 69.4 cm³/mol. The molecule has 0 bridgehead atoms. The van der Waals surface area contributed by atoms with Gasteiger partial charge in [0.05, 0.1) is 6.10 Å². The standard InChI is InChI=1S/C15H18F2O2/c16-15(17,10-9-12-5-4-8-14(12)18)11-19-13-6-2-1-3-7-13/h1-3,6-7,9-10,12,14,18H,4-5,8,11H2/b10-9+. The number of rotatable bonds is 5. The second kappa shape index (κ2) is 6.15. The predicted octanol–water partition coefficient (Wildman–Crippen LogP) is 3.42. The van der Waals surface area contributed by atoms with Crippen LogP contribution in [-0.4, -0.2) is 23.7 Å². The molecule has 104 valence electrons. The molecule has 2 unspecified atom stereocenters. The van der Waals surface area contributed by atoms with Crippen molar-refractivity contribution in [2.75, 3.05) is 6.61 Å². The highest BCUT2D eigenvalue weighted by molar-refractivity contribution is 5.21. The Bertz CT molecular complexity index is 417. The van der Waals surface area contributed by atoms with Crippen LogP contribution in [0.2, 0.25) is 0 Å². The molecule has 0 amide bonds. The van der Waals surface area contributed by atoms with Crippen LogP contribution in [0.1, 0.15) is 19.3 Å². The lowest BCUT2D eigenvalue weighted by Crippen LogP contribution is -2.23. The molecule has 1 aromatic carbocycles. The molecule has 0 aliphatic heterocycles. The second-order valence-electron chi connectivity index (χ2n) is 4.88. The lowest BCUT2D eigenvalue weighted by atomic mass is 10.0. The third-order valence-electron chi connectivity index (χ3n) is 3.29. The molecule has 1 aliphatic carbocycles. The largest absolute Gasteiger partial charge is 0.487 e. The van der Waals surface area contributed by atoms with E-state index in [0.29, 0.717) is 12.2 Å². The summed E-state index contributed by atoms with van der Waals surface area (Å²) in [5.74, 6) is -2.74. The number of hydrogen-bond donors (Lipinski definition) is 1. The summed E-state index contributed by atoms with van der Waals surface area (Å²) in [5, 5.41) is 9.57. The van der Waals surface area contributed by atoms with E-state index in [9.17, 15) is 13.9 Å². The molecular weight excluding hydrogens is 250 g/mol. The summed E-state index contributed by atoms with van der Waals surface area (Å²) >= 11 is 0. The van der Waals surface area contributed by atoms with Crippen LogP contribution in [0.15, 0.2) is 42.5 Å². The maximum absolute atomic E-state index is 13.6. The van der Waals surface area contributed by atoms with E-state index in [2.05, 4.69) is 0 Å². The third-order valence-corrected chi connectivity index (χ3v) is 3.29. The molecule has 1 fully saturated rings. The minimum atomic E-state index is -3.02. The lowest BCUT2D eigenvalue weighted by molar-refractivity contribution is 0.00431. The van der Waals surface area contributed by atoms with Gasteiger partial charge in [0, 0.05) is 5.92 Å². The van der Waals surface area contributed by atoms with E-state index < -0.39 is 18.6 Å². The smallest absolute Gasteiger partial charge is 0.299 e. The van der Waals surface area contributed by atoms with Crippen molar-refractivity contribution < 1.29 is 18.6 Å².